The van der Waals surface area contributed by atoms with Crippen LogP contribution in [-0.4, -0.2) is 64.8 Å². The Labute approximate surface area is 508 Å². The maximum Gasteiger partial charge on any atom is 0.180 e. The van der Waals surface area contributed by atoms with Gasteiger partial charge in [0, 0.05) is 26.4 Å². The maximum absolute atomic E-state index is 6.75. The normalized spacial score (nSPS) is 12.9. The summed E-state index contributed by atoms with van der Waals surface area (Å²) in [5.74, 6) is 0. The van der Waals surface area contributed by atoms with Gasteiger partial charge in [-0.15, -0.1) is 0 Å². The molecule has 2 unspecified atom stereocenters. The van der Waals surface area contributed by atoms with E-state index in [0.29, 0.717) is 13.2 Å². The predicted molar refractivity (Wildman–Crippen MR) is 354 cm³/mol. The molecule has 0 aromatic rings. The molecule has 0 amide bonds. The molecule has 7 nitrogen and oxygen atoms in total. The Bertz CT molecular complexity index is 1050. The molecule has 0 heterocycles. The molecule has 0 aromatic carbocycles. The number of allylic oxidation sites excluding steroid dienone is 2. The fraction of sp³-hybridized carbons (Fsp3) is 0.946. The van der Waals surface area contributed by atoms with E-state index in [0.717, 1.165) is 116 Å². The van der Waals surface area contributed by atoms with Crippen molar-refractivity contribution in [1.82, 2.24) is 0 Å². The minimum atomic E-state index is -0.441. The van der Waals surface area contributed by atoms with Crippen LogP contribution in [0.2, 0.25) is 0 Å². The first-order valence-electron chi connectivity index (χ1n) is 36.8. The average Bonchev–Trinajstić information content (AvgIpc) is 3.47. The predicted octanol–water partition coefficient (Wildman–Crippen LogP) is 24.7. The second-order valence-electron chi connectivity index (χ2n) is 24.5. The summed E-state index contributed by atoms with van der Waals surface area (Å²) in [7, 11) is 0. The standard InChI is InChI=1S/C74H146O7/c1-7-13-19-25-31-37-47-55-65-75-71(76-66-56-48-38-32-26-20-14-8-2)61-51-41-43-53-63-73(79-69-59-45-35-29-23-17-11-5)81-74(80-70-60-46-36-30-24-18-12-6)64-54-44-42-52-62-72(77-67-57-49-39-33-27-21-15-9-3)78-68-58-50-40-34-28-22-16-10-4/h53-54,63-64,71-74H,7-52,55-62,65-70H2,1-6H3. The number of ether oxygens (including phenoxy) is 7. The second-order valence-corrected chi connectivity index (χ2v) is 24.5. The van der Waals surface area contributed by atoms with E-state index in [1.807, 2.05) is 0 Å². The highest BCUT2D eigenvalue weighted by Crippen LogP contribution is 2.19. The van der Waals surface area contributed by atoms with Crippen molar-refractivity contribution in [1.29, 1.82) is 0 Å². The van der Waals surface area contributed by atoms with Crippen LogP contribution in [0.25, 0.3) is 0 Å². The molecular weight excluding hydrogens is 1000 g/mol. The van der Waals surface area contributed by atoms with E-state index in [2.05, 4.69) is 65.8 Å². The number of hydrogen-bond donors (Lipinski definition) is 0. The van der Waals surface area contributed by atoms with Crippen molar-refractivity contribution in [3.05, 3.63) is 24.3 Å². The van der Waals surface area contributed by atoms with E-state index in [1.54, 1.807) is 0 Å². The third kappa shape index (κ3) is 65.0. The summed E-state index contributed by atoms with van der Waals surface area (Å²) in [4.78, 5) is 0. The largest absolute Gasteiger partial charge is 0.353 e. The quantitative estimate of drug-likeness (QED) is 0.0342. The molecular formula is C74H146O7. The monoisotopic (exact) mass is 1150 g/mol. The van der Waals surface area contributed by atoms with Crippen LogP contribution in [0.4, 0.5) is 0 Å². The van der Waals surface area contributed by atoms with E-state index in [1.165, 1.54) is 257 Å². The number of unbranched alkanes of at least 4 members (excludes halogenated alkanes) is 44. The van der Waals surface area contributed by atoms with Gasteiger partial charge in [0.05, 0.1) is 13.2 Å². The third-order valence-electron chi connectivity index (χ3n) is 16.2. The van der Waals surface area contributed by atoms with Gasteiger partial charge < -0.3 is 33.2 Å². The topological polar surface area (TPSA) is 64.6 Å². The summed E-state index contributed by atoms with van der Waals surface area (Å²) in [5.41, 5.74) is 0. The zero-order chi connectivity index (χ0) is 58.5. The average molecular weight is 1150 g/mol. The second kappa shape index (κ2) is 71.7. The van der Waals surface area contributed by atoms with Gasteiger partial charge in [0.2, 0.25) is 0 Å². The molecule has 0 bridgehead atoms. The minimum absolute atomic E-state index is 0.0947. The molecule has 0 radical (unpaired) electrons. The van der Waals surface area contributed by atoms with Gasteiger partial charge in [0.15, 0.2) is 25.2 Å². The van der Waals surface area contributed by atoms with Gasteiger partial charge >= 0.3 is 0 Å². The van der Waals surface area contributed by atoms with Crippen LogP contribution in [0, 0.1) is 0 Å². The first kappa shape index (κ1) is 80.2. The maximum atomic E-state index is 6.75. The van der Waals surface area contributed by atoms with Crippen molar-refractivity contribution in [3.63, 3.8) is 0 Å². The molecule has 0 N–H and O–H groups in total. The first-order valence-corrected chi connectivity index (χ1v) is 36.8. The molecule has 0 fully saturated rings. The van der Waals surface area contributed by atoms with Crippen LogP contribution in [-0.2, 0) is 33.2 Å². The molecule has 2 atom stereocenters. The molecule has 484 valence electrons. The molecule has 0 aliphatic carbocycles. The summed E-state index contributed by atoms with van der Waals surface area (Å²) in [6.45, 7) is 18.4. The molecule has 81 heavy (non-hydrogen) atoms. The van der Waals surface area contributed by atoms with E-state index >= 15 is 0 Å². The number of rotatable bonds is 72. The lowest BCUT2D eigenvalue weighted by molar-refractivity contribution is -0.208. The summed E-state index contributed by atoms with van der Waals surface area (Å²) < 4.78 is 45.6. The van der Waals surface area contributed by atoms with Gasteiger partial charge in [-0.05, 0) is 102 Å². The Morgan fingerprint density at radius 1 is 0.210 bits per heavy atom. The minimum Gasteiger partial charge on any atom is -0.353 e. The van der Waals surface area contributed by atoms with Crippen LogP contribution in [0.1, 0.15) is 388 Å². The molecule has 0 saturated heterocycles. The van der Waals surface area contributed by atoms with Crippen LogP contribution < -0.4 is 0 Å². The van der Waals surface area contributed by atoms with Gasteiger partial charge in [0.25, 0.3) is 0 Å². The fourth-order valence-corrected chi connectivity index (χ4v) is 10.7. The van der Waals surface area contributed by atoms with E-state index in [-0.39, 0.29) is 12.6 Å². The smallest absolute Gasteiger partial charge is 0.180 e. The molecule has 0 aromatic heterocycles. The van der Waals surface area contributed by atoms with Crippen LogP contribution in [0.5, 0.6) is 0 Å². The van der Waals surface area contributed by atoms with Gasteiger partial charge in [0.1, 0.15) is 0 Å². The summed E-state index contributed by atoms with van der Waals surface area (Å²) >= 11 is 0. The van der Waals surface area contributed by atoms with Gasteiger partial charge in [-0.3, -0.25) is 0 Å². The number of hydrogen-bond acceptors (Lipinski definition) is 7. The Morgan fingerprint density at radius 2 is 0.407 bits per heavy atom. The third-order valence-corrected chi connectivity index (χ3v) is 16.2. The summed E-state index contributed by atoms with van der Waals surface area (Å²) in [6.07, 6.45) is 75.8. The van der Waals surface area contributed by atoms with Gasteiger partial charge in [-0.2, -0.15) is 0 Å². The first-order chi connectivity index (χ1) is 40.1. The van der Waals surface area contributed by atoms with Crippen molar-refractivity contribution < 1.29 is 33.2 Å². The van der Waals surface area contributed by atoms with Crippen molar-refractivity contribution in [2.75, 3.05) is 39.6 Å². The van der Waals surface area contributed by atoms with Gasteiger partial charge in [-0.25, -0.2) is 0 Å². The van der Waals surface area contributed by atoms with Gasteiger partial charge in [-0.1, -0.05) is 311 Å². The lowest BCUT2D eigenvalue weighted by Gasteiger charge is -2.22. The molecule has 0 spiro atoms. The Kier molecular flexibility index (Phi) is 71.0. The Hall–Kier alpha value is -0.800. The van der Waals surface area contributed by atoms with Crippen LogP contribution >= 0.6 is 0 Å². The molecule has 0 rings (SSSR count). The van der Waals surface area contributed by atoms with Crippen molar-refractivity contribution >= 4 is 0 Å². The van der Waals surface area contributed by atoms with E-state index < -0.39 is 12.6 Å². The van der Waals surface area contributed by atoms with Crippen LogP contribution in [0.15, 0.2) is 24.3 Å². The summed E-state index contributed by atoms with van der Waals surface area (Å²) in [6, 6.07) is 0. The Morgan fingerprint density at radius 3 is 0.630 bits per heavy atom. The fourth-order valence-electron chi connectivity index (χ4n) is 10.7. The SMILES string of the molecule is CCCCCCCCCCOC(CCCCC=CC(OCCCCCCCCC)OC(C=CCCCCC(OCCCCCCCCCC)OCCCCCCCCCC)OCCCCCCCCC)OCCCCCCCCCC. The van der Waals surface area contributed by atoms with Crippen molar-refractivity contribution in [2.24, 2.45) is 0 Å². The molecule has 0 aliphatic heterocycles. The van der Waals surface area contributed by atoms with E-state index in [4.69, 9.17) is 33.2 Å². The molecule has 0 saturated carbocycles. The lowest BCUT2D eigenvalue weighted by atomic mass is 10.1. The zero-order valence-corrected chi connectivity index (χ0v) is 55.9. The van der Waals surface area contributed by atoms with E-state index in [9.17, 15) is 0 Å². The zero-order valence-electron chi connectivity index (χ0n) is 55.9. The molecule has 7 heteroatoms. The van der Waals surface area contributed by atoms with Crippen LogP contribution in [0.3, 0.4) is 0 Å². The molecule has 0 aliphatic rings. The highest BCUT2D eigenvalue weighted by atomic mass is 16.8. The summed E-state index contributed by atoms with van der Waals surface area (Å²) in [5, 5.41) is 0. The lowest BCUT2D eigenvalue weighted by Crippen LogP contribution is -2.25. The highest BCUT2D eigenvalue weighted by molar-refractivity contribution is 4.90. The van der Waals surface area contributed by atoms with Crippen molar-refractivity contribution in [3.8, 4) is 0 Å². The Balaban J connectivity index is 5.66. The van der Waals surface area contributed by atoms with Crippen molar-refractivity contribution in [2.45, 2.75) is 413 Å². The highest BCUT2D eigenvalue weighted by Gasteiger charge is 2.15.